The van der Waals surface area contributed by atoms with Gasteiger partial charge in [-0.1, -0.05) is 0 Å². The van der Waals surface area contributed by atoms with Gasteiger partial charge in [0.25, 0.3) is 6.01 Å². The largest absolute Gasteiger partial charge is 0.423 e. The monoisotopic (exact) mass is 218 g/mol. The molecule has 0 saturated heterocycles. The van der Waals surface area contributed by atoms with Gasteiger partial charge < -0.3 is 9.32 Å². The molecule has 0 amide bonds. The minimum Gasteiger partial charge on any atom is -0.423 e. The predicted molar refractivity (Wildman–Crippen MR) is 67.0 cm³/mol. The van der Waals surface area contributed by atoms with E-state index >= 15 is 0 Å². The number of aromatic nitrogens is 1. The van der Waals surface area contributed by atoms with E-state index in [4.69, 9.17) is 4.42 Å². The smallest absolute Gasteiger partial charge is 0.298 e. The average Bonchev–Trinajstić information content (AvgIpc) is 2.63. The van der Waals surface area contributed by atoms with Crippen LogP contribution in [0.15, 0.2) is 16.5 Å². The van der Waals surface area contributed by atoms with E-state index in [0.717, 1.165) is 30.2 Å². The van der Waals surface area contributed by atoms with Crippen molar-refractivity contribution in [3.8, 4) is 0 Å². The first-order valence-electron chi connectivity index (χ1n) is 5.78. The highest BCUT2D eigenvalue weighted by molar-refractivity contribution is 5.76. The quantitative estimate of drug-likeness (QED) is 0.791. The van der Waals surface area contributed by atoms with E-state index < -0.39 is 0 Å². The van der Waals surface area contributed by atoms with Gasteiger partial charge in [-0.2, -0.15) is 4.98 Å². The molecule has 0 aliphatic heterocycles. The molecule has 0 bridgehead atoms. The van der Waals surface area contributed by atoms with Gasteiger partial charge in [0.05, 0.1) is 0 Å². The molecule has 1 aromatic heterocycles. The van der Waals surface area contributed by atoms with Crippen LogP contribution < -0.4 is 4.90 Å². The lowest BCUT2D eigenvalue weighted by Crippen LogP contribution is -2.21. The van der Waals surface area contributed by atoms with E-state index in [-0.39, 0.29) is 0 Å². The molecule has 3 heteroatoms. The van der Waals surface area contributed by atoms with E-state index in [2.05, 4.69) is 49.7 Å². The van der Waals surface area contributed by atoms with E-state index in [9.17, 15) is 0 Å². The molecule has 3 nitrogen and oxygen atoms in total. The summed E-state index contributed by atoms with van der Waals surface area (Å²) in [5.41, 5.74) is 4.33. The van der Waals surface area contributed by atoms with Crippen LogP contribution in [0.5, 0.6) is 0 Å². The molecule has 1 heterocycles. The molecule has 2 rings (SSSR count). The van der Waals surface area contributed by atoms with Crippen LogP contribution in [0.4, 0.5) is 6.01 Å². The van der Waals surface area contributed by atoms with Gasteiger partial charge in [-0.25, -0.2) is 0 Å². The molecule has 0 radical (unpaired) electrons. The summed E-state index contributed by atoms with van der Waals surface area (Å²) in [5.74, 6) is 0. The molecule has 0 fully saturated rings. The van der Waals surface area contributed by atoms with E-state index in [1.54, 1.807) is 0 Å². The number of oxazole rings is 1. The fourth-order valence-corrected chi connectivity index (χ4v) is 1.80. The number of hydrogen-bond acceptors (Lipinski definition) is 3. The lowest BCUT2D eigenvalue weighted by molar-refractivity contribution is 0.576. The normalized spacial score (nSPS) is 11.0. The van der Waals surface area contributed by atoms with Crippen LogP contribution >= 0.6 is 0 Å². The van der Waals surface area contributed by atoms with Crippen LogP contribution in [-0.4, -0.2) is 18.1 Å². The summed E-state index contributed by atoms with van der Waals surface area (Å²) in [4.78, 5) is 6.63. The van der Waals surface area contributed by atoms with Crippen molar-refractivity contribution in [1.82, 2.24) is 4.98 Å². The molecular weight excluding hydrogens is 200 g/mol. The van der Waals surface area contributed by atoms with E-state index in [1.165, 1.54) is 11.1 Å². The third-order valence-electron chi connectivity index (χ3n) is 3.03. The third-order valence-corrected chi connectivity index (χ3v) is 3.03. The minimum atomic E-state index is 0.727. The zero-order chi connectivity index (χ0) is 11.7. The maximum atomic E-state index is 5.76. The zero-order valence-corrected chi connectivity index (χ0v) is 10.4. The maximum Gasteiger partial charge on any atom is 0.298 e. The Morgan fingerprint density at radius 2 is 1.75 bits per heavy atom. The first-order valence-corrected chi connectivity index (χ1v) is 5.78. The highest BCUT2D eigenvalue weighted by atomic mass is 16.4. The van der Waals surface area contributed by atoms with Gasteiger partial charge in [0.2, 0.25) is 0 Å². The van der Waals surface area contributed by atoms with E-state index in [0.29, 0.717) is 0 Å². The zero-order valence-electron chi connectivity index (χ0n) is 10.4. The number of aryl methyl sites for hydroxylation is 2. The number of hydrogen-bond donors (Lipinski definition) is 0. The summed E-state index contributed by atoms with van der Waals surface area (Å²) in [7, 11) is 0. The molecule has 0 aliphatic rings. The number of benzene rings is 1. The number of anilines is 1. The highest BCUT2D eigenvalue weighted by Gasteiger charge is 2.11. The molecule has 0 spiro atoms. The Kier molecular flexibility index (Phi) is 2.86. The minimum absolute atomic E-state index is 0.727. The standard InChI is InChI=1S/C13H18N2O/c1-5-15(6-2)13-14-11-7-9(3)10(4)8-12(11)16-13/h7-8H,5-6H2,1-4H3. The predicted octanol–water partition coefficient (Wildman–Crippen LogP) is 3.29. The summed E-state index contributed by atoms with van der Waals surface area (Å²) < 4.78 is 5.76. The summed E-state index contributed by atoms with van der Waals surface area (Å²) in [6.07, 6.45) is 0. The molecule has 0 aliphatic carbocycles. The van der Waals surface area contributed by atoms with Crippen molar-refractivity contribution < 1.29 is 4.42 Å². The van der Waals surface area contributed by atoms with Gasteiger partial charge in [-0.15, -0.1) is 0 Å². The van der Waals surface area contributed by atoms with Gasteiger partial charge in [0.1, 0.15) is 5.52 Å². The Bertz CT molecular complexity index is 459. The van der Waals surface area contributed by atoms with Crippen molar-refractivity contribution in [2.45, 2.75) is 27.7 Å². The van der Waals surface area contributed by atoms with Crippen molar-refractivity contribution >= 4 is 17.1 Å². The second-order valence-corrected chi connectivity index (χ2v) is 4.07. The summed E-state index contributed by atoms with van der Waals surface area (Å²) in [6, 6.07) is 4.87. The lowest BCUT2D eigenvalue weighted by Gasteiger charge is -2.14. The molecular formula is C13H18N2O. The summed E-state index contributed by atoms with van der Waals surface area (Å²) in [5, 5.41) is 0. The van der Waals surface area contributed by atoms with Crippen molar-refractivity contribution in [3.63, 3.8) is 0 Å². The van der Waals surface area contributed by atoms with Crippen molar-refractivity contribution in [3.05, 3.63) is 23.3 Å². The number of fused-ring (bicyclic) bond motifs is 1. The Morgan fingerprint density at radius 1 is 1.12 bits per heavy atom. The van der Waals surface area contributed by atoms with Crippen LogP contribution in [-0.2, 0) is 0 Å². The van der Waals surface area contributed by atoms with Crippen molar-refractivity contribution in [1.29, 1.82) is 0 Å². The highest BCUT2D eigenvalue weighted by Crippen LogP contribution is 2.24. The maximum absolute atomic E-state index is 5.76. The van der Waals surface area contributed by atoms with Crippen molar-refractivity contribution in [2.75, 3.05) is 18.0 Å². The van der Waals surface area contributed by atoms with Crippen LogP contribution in [0.3, 0.4) is 0 Å². The molecule has 16 heavy (non-hydrogen) atoms. The Labute approximate surface area is 96.1 Å². The first-order chi connectivity index (χ1) is 7.65. The molecule has 86 valence electrons. The van der Waals surface area contributed by atoms with Crippen molar-refractivity contribution in [2.24, 2.45) is 0 Å². The molecule has 0 atom stereocenters. The Hall–Kier alpha value is -1.51. The SMILES string of the molecule is CCN(CC)c1nc2cc(C)c(C)cc2o1. The second kappa shape index (κ2) is 4.16. The fourth-order valence-electron chi connectivity index (χ4n) is 1.80. The van der Waals surface area contributed by atoms with Crippen LogP contribution in [0.25, 0.3) is 11.1 Å². The fraction of sp³-hybridized carbons (Fsp3) is 0.462. The van der Waals surface area contributed by atoms with Crippen LogP contribution in [0, 0.1) is 13.8 Å². The molecule has 0 N–H and O–H groups in total. The first kappa shape index (κ1) is 11.0. The lowest BCUT2D eigenvalue weighted by atomic mass is 10.1. The van der Waals surface area contributed by atoms with Crippen LogP contribution in [0.2, 0.25) is 0 Å². The Balaban J connectivity index is 2.51. The van der Waals surface area contributed by atoms with Gasteiger partial charge >= 0.3 is 0 Å². The topological polar surface area (TPSA) is 29.3 Å². The number of nitrogens with zero attached hydrogens (tertiary/aromatic N) is 2. The Morgan fingerprint density at radius 3 is 2.38 bits per heavy atom. The van der Waals surface area contributed by atoms with E-state index in [1.807, 2.05) is 0 Å². The molecule has 1 aromatic carbocycles. The second-order valence-electron chi connectivity index (χ2n) is 4.07. The summed E-state index contributed by atoms with van der Waals surface area (Å²) in [6.45, 7) is 10.2. The molecule has 0 unspecified atom stereocenters. The molecule has 0 saturated carbocycles. The third kappa shape index (κ3) is 1.77. The van der Waals surface area contributed by atoms with Crippen LogP contribution in [0.1, 0.15) is 25.0 Å². The summed E-state index contributed by atoms with van der Waals surface area (Å²) >= 11 is 0. The number of rotatable bonds is 3. The molecule has 2 aromatic rings. The van der Waals surface area contributed by atoms with Gasteiger partial charge in [-0.05, 0) is 51.0 Å². The average molecular weight is 218 g/mol. The van der Waals surface area contributed by atoms with Gasteiger partial charge in [0.15, 0.2) is 5.58 Å². The van der Waals surface area contributed by atoms with Gasteiger partial charge in [-0.3, -0.25) is 0 Å². The van der Waals surface area contributed by atoms with Gasteiger partial charge in [0, 0.05) is 13.1 Å².